The van der Waals surface area contributed by atoms with Gasteiger partial charge in [0.1, 0.15) is 0 Å². The predicted octanol–water partition coefficient (Wildman–Crippen LogP) is 4.82. The molecule has 8 heteroatoms. The number of nitrogens with zero attached hydrogens (tertiary/aromatic N) is 3. The molecule has 0 saturated carbocycles. The Morgan fingerprint density at radius 3 is 2.52 bits per heavy atom. The Morgan fingerprint density at radius 2 is 1.66 bits per heavy atom. The molecule has 5 rings (SSSR count). The predicted molar refractivity (Wildman–Crippen MR) is 114 cm³/mol. The average Bonchev–Trinajstić information content (AvgIpc) is 3.22. The van der Waals surface area contributed by atoms with Gasteiger partial charge in [-0.25, -0.2) is 13.4 Å². The second kappa shape index (κ2) is 6.91. The average molecular weight is 419 g/mol. The highest BCUT2D eigenvalue weighted by Crippen LogP contribution is 2.30. The molecule has 0 atom stereocenters. The van der Waals surface area contributed by atoms with E-state index in [-0.39, 0.29) is 9.79 Å². The molecule has 0 amide bonds. The minimum Gasteiger partial charge on any atom is -0.355 e. The smallest absolute Gasteiger partial charge is 0.206 e. The zero-order valence-electron chi connectivity index (χ0n) is 15.0. The third kappa shape index (κ3) is 3.22. The summed E-state index contributed by atoms with van der Waals surface area (Å²) in [6.07, 6.45) is 4.64. The molecule has 0 aliphatic carbocycles. The van der Waals surface area contributed by atoms with Gasteiger partial charge in [0.15, 0.2) is 0 Å². The lowest BCUT2D eigenvalue weighted by atomic mass is 10.2. The Hall–Kier alpha value is -3.36. The lowest BCUT2D eigenvalue weighted by Gasteiger charge is -2.11. The zero-order chi connectivity index (χ0) is 19.8. The van der Waals surface area contributed by atoms with Gasteiger partial charge in [0, 0.05) is 35.4 Å². The molecule has 0 fully saturated rings. The number of fused-ring (bicyclic) bond motifs is 2. The van der Waals surface area contributed by atoms with Gasteiger partial charge in [0.05, 0.1) is 31.0 Å². The number of hydrogen-bond acceptors (Lipinski definition) is 7. The van der Waals surface area contributed by atoms with Crippen LogP contribution in [0.5, 0.6) is 0 Å². The summed E-state index contributed by atoms with van der Waals surface area (Å²) in [6.45, 7) is 0. The van der Waals surface area contributed by atoms with Gasteiger partial charge in [0.2, 0.25) is 9.84 Å². The SMILES string of the molecule is O=S(=O)(c1ccncc1)c1ccc2nccc(Nc3ccc4scnc4c3)c2c1. The molecule has 0 spiro atoms. The molecule has 1 N–H and O–H groups in total. The fourth-order valence-electron chi connectivity index (χ4n) is 3.15. The first-order chi connectivity index (χ1) is 14.1. The van der Waals surface area contributed by atoms with E-state index in [9.17, 15) is 8.42 Å². The van der Waals surface area contributed by atoms with Crippen LogP contribution >= 0.6 is 11.3 Å². The van der Waals surface area contributed by atoms with Crippen LogP contribution in [0.3, 0.4) is 0 Å². The minimum atomic E-state index is -3.65. The summed E-state index contributed by atoms with van der Waals surface area (Å²) < 4.78 is 27.1. The monoisotopic (exact) mass is 418 g/mol. The molecule has 5 aromatic rings. The Morgan fingerprint density at radius 1 is 0.793 bits per heavy atom. The van der Waals surface area contributed by atoms with Crippen LogP contribution in [0.1, 0.15) is 0 Å². The number of thiazole rings is 1. The van der Waals surface area contributed by atoms with Gasteiger partial charge in [-0.05, 0) is 54.6 Å². The van der Waals surface area contributed by atoms with Crippen molar-refractivity contribution in [2.45, 2.75) is 9.79 Å². The number of nitrogens with one attached hydrogen (secondary N) is 1. The summed E-state index contributed by atoms with van der Waals surface area (Å²) in [4.78, 5) is 13.0. The van der Waals surface area contributed by atoms with E-state index < -0.39 is 9.84 Å². The summed E-state index contributed by atoms with van der Waals surface area (Å²) in [5.41, 5.74) is 5.08. The summed E-state index contributed by atoms with van der Waals surface area (Å²) in [5.74, 6) is 0. The quantitative estimate of drug-likeness (QED) is 0.451. The molecule has 0 aliphatic rings. The zero-order valence-corrected chi connectivity index (χ0v) is 16.6. The molecule has 0 radical (unpaired) electrons. The first-order valence-electron chi connectivity index (χ1n) is 8.75. The number of anilines is 2. The van der Waals surface area contributed by atoms with Crippen molar-refractivity contribution < 1.29 is 8.42 Å². The van der Waals surface area contributed by atoms with E-state index in [1.807, 2.05) is 29.8 Å². The largest absolute Gasteiger partial charge is 0.355 e. The Bertz CT molecular complexity index is 1450. The van der Waals surface area contributed by atoms with E-state index >= 15 is 0 Å². The second-order valence-electron chi connectivity index (χ2n) is 6.38. The van der Waals surface area contributed by atoms with E-state index in [1.165, 1.54) is 24.5 Å². The number of pyridine rings is 2. The molecule has 0 unspecified atom stereocenters. The first kappa shape index (κ1) is 17.7. The Kier molecular flexibility index (Phi) is 4.22. The van der Waals surface area contributed by atoms with Gasteiger partial charge in [-0.1, -0.05) is 0 Å². The van der Waals surface area contributed by atoms with Crippen molar-refractivity contribution in [3.05, 3.63) is 78.7 Å². The van der Waals surface area contributed by atoms with Crippen molar-refractivity contribution in [3.8, 4) is 0 Å². The third-order valence-electron chi connectivity index (χ3n) is 4.59. The summed E-state index contributed by atoms with van der Waals surface area (Å²) in [7, 11) is -3.65. The van der Waals surface area contributed by atoms with Crippen LogP contribution < -0.4 is 5.32 Å². The normalized spacial score (nSPS) is 11.7. The molecule has 3 aromatic heterocycles. The van der Waals surface area contributed by atoms with Crippen molar-refractivity contribution in [3.63, 3.8) is 0 Å². The van der Waals surface area contributed by atoms with Crippen LogP contribution in [0.25, 0.3) is 21.1 Å². The van der Waals surface area contributed by atoms with Crippen molar-refractivity contribution in [1.82, 2.24) is 15.0 Å². The van der Waals surface area contributed by atoms with Crippen LogP contribution in [0.2, 0.25) is 0 Å². The highest BCUT2D eigenvalue weighted by molar-refractivity contribution is 7.91. The highest BCUT2D eigenvalue weighted by Gasteiger charge is 2.18. The first-order valence-corrected chi connectivity index (χ1v) is 11.1. The van der Waals surface area contributed by atoms with Crippen LogP contribution in [0, 0.1) is 0 Å². The maximum atomic E-state index is 13.0. The Balaban J connectivity index is 1.60. The topological polar surface area (TPSA) is 84.8 Å². The third-order valence-corrected chi connectivity index (χ3v) is 7.17. The van der Waals surface area contributed by atoms with Crippen molar-refractivity contribution in [2.75, 3.05) is 5.32 Å². The van der Waals surface area contributed by atoms with E-state index in [1.54, 1.807) is 35.7 Å². The van der Waals surface area contributed by atoms with Gasteiger partial charge in [-0.2, -0.15) is 0 Å². The van der Waals surface area contributed by atoms with Crippen molar-refractivity contribution >= 4 is 53.7 Å². The van der Waals surface area contributed by atoms with Gasteiger partial charge in [-0.3, -0.25) is 9.97 Å². The maximum absolute atomic E-state index is 13.0. The standard InChI is InChI=1S/C21H14N4O2S2/c26-29(27,15-5-8-22-9-6-15)16-2-3-18-17(12-16)19(7-10-23-18)25-14-1-4-21-20(11-14)24-13-28-21/h1-13H,(H,23,25). The van der Waals surface area contributed by atoms with Crippen LogP contribution in [-0.4, -0.2) is 23.4 Å². The molecule has 0 bridgehead atoms. The van der Waals surface area contributed by atoms with Crippen LogP contribution in [0.4, 0.5) is 11.4 Å². The molecular weight excluding hydrogens is 404 g/mol. The fourth-order valence-corrected chi connectivity index (χ4v) is 5.08. The highest BCUT2D eigenvalue weighted by atomic mass is 32.2. The molecule has 2 aromatic carbocycles. The fraction of sp³-hybridized carbons (Fsp3) is 0. The summed E-state index contributed by atoms with van der Waals surface area (Å²) >= 11 is 1.59. The molecule has 0 aliphatic heterocycles. The molecule has 3 heterocycles. The van der Waals surface area contributed by atoms with Gasteiger partial charge in [-0.15, -0.1) is 11.3 Å². The van der Waals surface area contributed by atoms with Crippen molar-refractivity contribution in [2.24, 2.45) is 0 Å². The number of aromatic nitrogens is 3. The lowest BCUT2D eigenvalue weighted by molar-refractivity contribution is 0.596. The number of rotatable bonds is 4. The van der Waals surface area contributed by atoms with Crippen molar-refractivity contribution in [1.29, 1.82) is 0 Å². The summed E-state index contributed by atoms with van der Waals surface area (Å²) in [6, 6.07) is 15.7. The number of benzene rings is 2. The molecule has 142 valence electrons. The van der Waals surface area contributed by atoms with Crippen LogP contribution in [-0.2, 0) is 9.84 Å². The minimum absolute atomic E-state index is 0.208. The molecule has 6 nitrogen and oxygen atoms in total. The van der Waals surface area contributed by atoms with E-state index in [4.69, 9.17) is 0 Å². The number of hydrogen-bond donors (Lipinski definition) is 1. The maximum Gasteiger partial charge on any atom is 0.206 e. The van der Waals surface area contributed by atoms with Gasteiger partial charge in [0.25, 0.3) is 0 Å². The van der Waals surface area contributed by atoms with Crippen LogP contribution in [0.15, 0.2) is 88.5 Å². The lowest BCUT2D eigenvalue weighted by Crippen LogP contribution is -2.02. The Labute approximate surface area is 170 Å². The molecular formula is C21H14N4O2S2. The van der Waals surface area contributed by atoms with E-state index in [2.05, 4.69) is 20.3 Å². The van der Waals surface area contributed by atoms with Gasteiger partial charge >= 0.3 is 0 Å². The van der Waals surface area contributed by atoms with E-state index in [0.717, 1.165) is 27.0 Å². The molecule has 0 saturated heterocycles. The number of sulfone groups is 1. The van der Waals surface area contributed by atoms with Gasteiger partial charge < -0.3 is 5.32 Å². The molecule has 29 heavy (non-hydrogen) atoms. The van der Waals surface area contributed by atoms with E-state index in [0.29, 0.717) is 5.52 Å². The summed E-state index contributed by atoms with van der Waals surface area (Å²) in [5, 5.41) is 4.09. The second-order valence-corrected chi connectivity index (χ2v) is 9.22.